The maximum atomic E-state index is 6.00. The van der Waals surface area contributed by atoms with Crippen molar-refractivity contribution in [1.82, 2.24) is 20.4 Å². The van der Waals surface area contributed by atoms with Crippen LogP contribution in [-0.2, 0) is 6.42 Å². The van der Waals surface area contributed by atoms with Crippen molar-refractivity contribution in [1.29, 1.82) is 0 Å². The molecule has 0 atom stereocenters. The number of nitrogens with zero attached hydrogens (tertiary/aromatic N) is 3. The summed E-state index contributed by atoms with van der Waals surface area (Å²) in [4.78, 5) is 0. The molecule has 1 fully saturated rings. The van der Waals surface area contributed by atoms with E-state index in [-0.39, 0.29) is 0 Å². The highest BCUT2D eigenvalue weighted by atomic mass is 32.1. The maximum Gasteiger partial charge on any atom is 0.206 e. The highest BCUT2D eigenvalue weighted by molar-refractivity contribution is 7.18. The molecule has 2 aromatic carbocycles. The Bertz CT molecular complexity index is 1110. The molecule has 1 aliphatic rings. The molecule has 142 valence electrons. The van der Waals surface area contributed by atoms with Crippen molar-refractivity contribution < 1.29 is 0 Å². The van der Waals surface area contributed by atoms with Gasteiger partial charge in [0.05, 0.1) is 11.2 Å². The third-order valence-corrected chi connectivity index (χ3v) is 6.11. The number of fused-ring (bicyclic) bond motifs is 1. The van der Waals surface area contributed by atoms with Gasteiger partial charge >= 0.3 is 0 Å². The topological polar surface area (TPSA) is 92.5 Å². The highest BCUT2D eigenvalue weighted by Gasteiger charge is 2.28. The van der Waals surface area contributed by atoms with E-state index in [2.05, 4.69) is 50.0 Å². The molecular formula is C21H22N6S. The van der Waals surface area contributed by atoms with E-state index in [0.717, 1.165) is 46.3 Å². The van der Waals surface area contributed by atoms with Gasteiger partial charge in [-0.2, -0.15) is 5.10 Å². The van der Waals surface area contributed by atoms with Gasteiger partial charge < -0.3 is 11.1 Å². The van der Waals surface area contributed by atoms with Crippen LogP contribution in [0.5, 0.6) is 0 Å². The van der Waals surface area contributed by atoms with Gasteiger partial charge in [-0.25, -0.2) is 0 Å². The molecule has 1 aliphatic carbocycles. The smallest absolute Gasteiger partial charge is 0.206 e. The fourth-order valence-corrected chi connectivity index (χ4v) is 4.25. The number of benzene rings is 2. The Labute approximate surface area is 167 Å². The molecule has 0 unspecified atom stereocenters. The van der Waals surface area contributed by atoms with Gasteiger partial charge in [0.25, 0.3) is 0 Å². The van der Waals surface area contributed by atoms with E-state index in [4.69, 9.17) is 5.73 Å². The Hall–Kier alpha value is -2.93. The minimum absolute atomic E-state index is 0.620. The molecule has 5 rings (SSSR count). The molecule has 4 aromatic rings. The number of rotatable bonds is 7. The normalized spacial score (nSPS) is 13.9. The molecule has 0 bridgehead atoms. The van der Waals surface area contributed by atoms with Gasteiger partial charge in [0.2, 0.25) is 5.13 Å². The van der Waals surface area contributed by atoms with Crippen molar-refractivity contribution in [3.63, 3.8) is 0 Å². The zero-order chi connectivity index (χ0) is 18.9. The quantitative estimate of drug-likeness (QED) is 0.317. The van der Waals surface area contributed by atoms with Crippen molar-refractivity contribution in [2.75, 3.05) is 17.6 Å². The van der Waals surface area contributed by atoms with Crippen LogP contribution in [0.4, 0.5) is 10.8 Å². The fraction of sp³-hybridized carbons (Fsp3) is 0.286. The average Bonchev–Trinajstić information content (AvgIpc) is 3.29. The van der Waals surface area contributed by atoms with E-state index in [9.17, 15) is 0 Å². The summed E-state index contributed by atoms with van der Waals surface area (Å²) in [6.45, 7) is 0.843. The fourth-order valence-electron chi connectivity index (χ4n) is 3.48. The molecule has 6 nitrogen and oxygen atoms in total. The Morgan fingerprint density at radius 1 is 1.14 bits per heavy atom. The number of aromatic amines is 1. The molecule has 2 aromatic heterocycles. The molecule has 4 N–H and O–H groups in total. The summed E-state index contributed by atoms with van der Waals surface area (Å²) in [5.74, 6) is 0.620. The minimum Gasteiger partial charge on any atom is -0.399 e. The second kappa shape index (κ2) is 7.24. The van der Waals surface area contributed by atoms with E-state index >= 15 is 0 Å². The van der Waals surface area contributed by atoms with Crippen molar-refractivity contribution >= 4 is 33.1 Å². The molecule has 7 heteroatoms. The first-order chi connectivity index (χ1) is 13.8. The molecular weight excluding hydrogens is 368 g/mol. The SMILES string of the molecule is Nc1ccccc1CCCNc1nnc(-c2ccc3[nH]nc(C4CC4)c3c2)s1. The second-order valence-electron chi connectivity index (χ2n) is 7.28. The first kappa shape index (κ1) is 17.2. The van der Waals surface area contributed by atoms with E-state index in [1.807, 2.05) is 18.2 Å². The monoisotopic (exact) mass is 390 g/mol. The lowest BCUT2D eigenvalue weighted by atomic mass is 10.1. The lowest BCUT2D eigenvalue weighted by Crippen LogP contribution is -2.03. The van der Waals surface area contributed by atoms with Crippen LogP contribution in [0.1, 0.15) is 36.4 Å². The number of hydrogen-bond donors (Lipinski definition) is 3. The summed E-state index contributed by atoms with van der Waals surface area (Å²) in [5, 5.41) is 22.7. The number of nitrogen functional groups attached to an aromatic ring is 1. The third kappa shape index (κ3) is 3.45. The van der Waals surface area contributed by atoms with Gasteiger partial charge in [0.1, 0.15) is 5.01 Å². The van der Waals surface area contributed by atoms with Gasteiger partial charge in [-0.3, -0.25) is 5.10 Å². The lowest BCUT2D eigenvalue weighted by Gasteiger charge is -2.05. The molecule has 0 saturated heterocycles. The van der Waals surface area contributed by atoms with E-state index in [0.29, 0.717) is 5.92 Å². The largest absolute Gasteiger partial charge is 0.399 e. The highest BCUT2D eigenvalue weighted by Crippen LogP contribution is 2.42. The van der Waals surface area contributed by atoms with Crippen molar-refractivity contribution in [3.8, 4) is 10.6 Å². The van der Waals surface area contributed by atoms with Gasteiger partial charge in [-0.15, -0.1) is 10.2 Å². The van der Waals surface area contributed by atoms with Crippen molar-refractivity contribution in [2.24, 2.45) is 0 Å². The molecule has 1 saturated carbocycles. The molecule has 0 amide bonds. The minimum atomic E-state index is 0.620. The van der Waals surface area contributed by atoms with Crippen LogP contribution in [0.3, 0.4) is 0 Å². The second-order valence-corrected chi connectivity index (χ2v) is 8.26. The van der Waals surface area contributed by atoms with E-state index < -0.39 is 0 Å². The van der Waals surface area contributed by atoms with Crippen LogP contribution in [0, 0.1) is 0 Å². The number of nitrogens with one attached hydrogen (secondary N) is 2. The number of aromatic nitrogens is 4. The number of anilines is 2. The molecule has 28 heavy (non-hydrogen) atoms. The van der Waals surface area contributed by atoms with Crippen molar-refractivity contribution in [2.45, 2.75) is 31.6 Å². The number of para-hydroxylation sites is 1. The average molecular weight is 391 g/mol. The Balaban J connectivity index is 1.24. The molecule has 0 spiro atoms. The van der Waals surface area contributed by atoms with Crippen LogP contribution in [0.25, 0.3) is 21.5 Å². The van der Waals surface area contributed by atoms with E-state index in [1.165, 1.54) is 29.5 Å². The summed E-state index contributed by atoms with van der Waals surface area (Å²) in [5.41, 5.74) is 11.4. The van der Waals surface area contributed by atoms with Gasteiger partial charge in [-0.05, 0) is 55.5 Å². The van der Waals surface area contributed by atoms with Crippen LogP contribution < -0.4 is 11.1 Å². The molecule has 0 radical (unpaired) electrons. The lowest BCUT2D eigenvalue weighted by molar-refractivity contribution is 0.860. The van der Waals surface area contributed by atoms with Crippen LogP contribution >= 0.6 is 11.3 Å². The summed E-state index contributed by atoms with van der Waals surface area (Å²) >= 11 is 1.59. The molecule has 2 heterocycles. The number of aryl methyl sites for hydroxylation is 1. The zero-order valence-electron chi connectivity index (χ0n) is 15.5. The Morgan fingerprint density at radius 3 is 2.89 bits per heavy atom. The third-order valence-electron chi connectivity index (χ3n) is 5.18. The summed E-state index contributed by atoms with van der Waals surface area (Å²) in [7, 11) is 0. The maximum absolute atomic E-state index is 6.00. The summed E-state index contributed by atoms with van der Waals surface area (Å²) in [6, 6.07) is 14.4. The predicted octanol–water partition coefficient (Wildman–Crippen LogP) is 4.59. The summed E-state index contributed by atoms with van der Waals surface area (Å²) < 4.78 is 0. The number of H-pyrrole nitrogens is 1. The predicted molar refractivity (Wildman–Crippen MR) is 115 cm³/mol. The number of nitrogens with two attached hydrogens (primary N) is 1. The first-order valence-corrected chi connectivity index (χ1v) is 10.5. The van der Waals surface area contributed by atoms with Crippen molar-refractivity contribution in [3.05, 3.63) is 53.7 Å². The number of hydrogen-bond acceptors (Lipinski definition) is 6. The molecule has 0 aliphatic heterocycles. The van der Waals surface area contributed by atoms with Gasteiger partial charge in [0.15, 0.2) is 0 Å². The van der Waals surface area contributed by atoms with Crippen LogP contribution in [0.2, 0.25) is 0 Å². The van der Waals surface area contributed by atoms with E-state index in [1.54, 1.807) is 11.3 Å². The van der Waals surface area contributed by atoms with Gasteiger partial charge in [-0.1, -0.05) is 29.5 Å². The van der Waals surface area contributed by atoms with Crippen LogP contribution in [0.15, 0.2) is 42.5 Å². The Morgan fingerprint density at radius 2 is 2.04 bits per heavy atom. The standard InChI is InChI=1S/C21H22N6S/c22-17-6-2-1-4-13(17)5-3-11-23-21-27-26-20(28-21)15-9-10-18-16(12-15)19(25-24-18)14-7-8-14/h1-2,4,6,9-10,12,14H,3,5,7-8,11,22H2,(H,23,27)(H,24,25). The zero-order valence-corrected chi connectivity index (χ0v) is 16.3. The van der Waals surface area contributed by atoms with Gasteiger partial charge in [0, 0.05) is 29.1 Å². The Kier molecular flexibility index (Phi) is 4.44. The first-order valence-electron chi connectivity index (χ1n) is 9.67. The van der Waals surface area contributed by atoms with Crippen LogP contribution in [-0.4, -0.2) is 26.9 Å². The summed E-state index contributed by atoms with van der Waals surface area (Å²) in [6.07, 6.45) is 4.43.